The van der Waals surface area contributed by atoms with Crippen LogP contribution in [0.5, 0.6) is 0 Å². The topological polar surface area (TPSA) is 96.1 Å². The molecule has 2 heterocycles. The molecule has 0 aliphatic carbocycles. The molecular weight excluding hydrogens is 929 g/mol. The van der Waals surface area contributed by atoms with Gasteiger partial charge in [0.1, 0.15) is 0 Å². The minimum atomic E-state index is 0.281. The molecule has 0 aliphatic heterocycles. The van der Waals surface area contributed by atoms with E-state index in [1.807, 2.05) is 42.5 Å². The van der Waals surface area contributed by atoms with Crippen molar-refractivity contribution in [1.29, 1.82) is 0 Å². The predicted molar refractivity (Wildman–Crippen MR) is 315 cm³/mol. The van der Waals surface area contributed by atoms with E-state index in [9.17, 15) is 0 Å². The van der Waals surface area contributed by atoms with Gasteiger partial charge in [-0.15, -0.1) is 0 Å². The molecule has 0 aliphatic rings. The number of nitrogens with two attached hydrogens (primary N) is 1. The second kappa shape index (κ2) is 23.0. The lowest BCUT2D eigenvalue weighted by molar-refractivity contribution is 1.17. The van der Waals surface area contributed by atoms with Gasteiger partial charge in [0.15, 0.2) is 0 Å². The highest BCUT2D eigenvalue weighted by Crippen LogP contribution is 2.38. The van der Waals surface area contributed by atoms with Crippen molar-refractivity contribution >= 4 is 51.7 Å². The molecule has 8 heteroatoms. The Hall–Kier alpha value is -10.4. The zero-order chi connectivity index (χ0) is 51.3. The number of hydrogen-bond donors (Lipinski definition) is 2. The van der Waals surface area contributed by atoms with E-state index in [0.717, 1.165) is 84.6 Å². The van der Waals surface area contributed by atoms with Gasteiger partial charge < -0.3 is 20.9 Å². The van der Waals surface area contributed by atoms with Crippen molar-refractivity contribution in [3.05, 3.63) is 298 Å². The second-order valence-corrected chi connectivity index (χ2v) is 17.9. The summed E-state index contributed by atoms with van der Waals surface area (Å²) in [5.74, 6) is 0.847. The molecule has 0 radical (unpaired) electrons. The molecule has 0 bridgehead atoms. The Morgan fingerprint density at radius 3 is 0.934 bits per heavy atom. The van der Waals surface area contributed by atoms with Crippen LogP contribution in [0, 0.1) is 0 Å². The first kappa shape index (κ1) is 47.9. The van der Waals surface area contributed by atoms with Crippen LogP contribution in [0.2, 0.25) is 0 Å². The lowest BCUT2D eigenvalue weighted by atomic mass is 10.0. The van der Waals surface area contributed by atoms with Gasteiger partial charge in [0.2, 0.25) is 11.9 Å². The average molecular weight is 981 g/mol. The normalized spacial score (nSPS) is 10.7. The summed E-state index contributed by atoms with van der Waals surface area (Å²) in [7, 11) is 0. The monoisotopic (exact) mass is 980 g/mol. The number of nitrogens with zero attached hydrogens (tertiary/aromatic N) is 6. The van der Waals surface area contributed by atoms with E-state index in [0.29, 0.717) is 5.95 Å². The summed E-state index contributed by atoms with van der Waals surface area (Å²) in [5, 5.41) is 3.34. The van der Waals surface area contributed by atoms with Crippen LogP contribution in [0.15, 0.2) is 298 Å². The van der Waals surface area contributed by atoms with Crippen LogP contribution in [0.4, 0.5) is 51.7 Å². The Kier molecular flexibility index (Phi) is 14.5. The fourth-order valence-corrected chi connectivity index (χ4v) is 9.10. The highest BCUT2D eigenvalue weighted by atomic mass is 15.1. The third-order valence-electron chi connectivity index (χ3n) is 12.9. The zero-order valence-corrected chi connectivity index (χ0v) is 41.6. The van der Waals surface area contributed by atoms with Crippen LogP contribution >= 0.6 is 0 Å². The smallest absolute Gasteiger partial charge is 0.227 e. The van der Waals surface area contributed by atoms with E-state index in [1.165, 1.54) is 11.1 Å². The van der Waals surface area contributed by atoms with Gasteiger partial charge >= 0.3 is 0 Å². The lowest BCUT2D eigenvalue weighted by Gasteiger charge is -2.25. The maximum absolute atomic E-state index is 5.71. The molecule has 0 spiro atoms. The average Bonchev–Trinajstić information content (AvgIpc) is 3.50. The fraction of sp³-hybridized carbons (Fsp3) is 0. The lowest BCUT2D eigenvalue weighted by Crippen LogP contribution is -2.09. The molecular formula is C68H52N8. The number of para-hydroxylation sites is 4. The molecule has 0 fully saturated rings. The minimum absolute atomic E-state index is 0.281. The van der Waals surface area contributed by atoms with Gasteiger partial charge in [-0.1, -0.05) is 188 Å². The van der Waals surface area contributed by atoms with Crippen LogP contribution in [0.25, 0.3) is 55.9 Å². The summed E-state index contributed by atoms with van der Waals surface area (Å²) >= 11 is 0. The summed E-state index contributed by atoms with van der Waals surface area (Å²) in [5.41, 5.74) is 24.1. The quantitative estimate of drug-likeness (QED) is 0.118. The van der Waals surface area contributed by atoms with Crippen molar-refractivity contribution in [2.45, 2.75) is 0 Å². The van der Waals surface area contributed by atoms with E-state index < -0.39 is 0 Å². The van der Waals surface area contributed by atoms with Crippen molar-refractivity contribution in [1.82, 2.24) is 19.9 Å². The number of aromatic nitrogens is 4. The largest absolute Gasteiger partial charge is 0.368 e. The van der Waals surface area contributed by atoms with Gasteiger partial charge in [-0.25, -0.2) is 19.9 Å². The molecule has 2 aromatic heterocycles. The second-order valence-electron chi connectivity index (χ2n) is 17.9. The van der Waals surface area contributed by atoms with Gasteiger partial charge in [-0.3, -0.25) is 0 Å². The third kappa shape index (κ3) is 11.4. The van der Waals surface area contributed by atoms with Gasteiger partial charge in [0, 0.05) is 63.3 Å². The number of hydrogen-bond acceptors (Lipinski definition) is 8. The SMILES string of the molecule is Nc1nccc(-c2ccc(-c3ccc(N(c4ccccc4)c4ccccc4)cc3)cc2)n1.c1ccc(-c2ccc(Nc3nccc(-c4ccc(-c5ccc(N(c6ccccc6)c6ccccc6)cc5)cc4)n3)cc2)cc1. The van der Waals surface area contributed by atoms with Gasteiger partial charge in [0.05, 0.1) is 11.4 Å². The van der Waals surface area contributed by atoms with Crippen molar-refractivity contribution in [3.63, 3.8) is 0 Å². The molecule has 0 atom stereocenters. The first-order chi connectivity index (χ1) is 37.6. The molecule has 8 nitrogen and oxygen atoms in total. The summed E-state index contributed by atoms with van der Waals surface area (Å²) in [4.78, 5) is 22.0. The molecule has 12 rings (SSSR count). The maximum atomic E-state index is 5.71. The summed E-state index contributed by atoms with van der Waals surface area (Å²) in [6, 6.07) is 98.4. The minimum Gasteiger partial charge on any atom is -0.368 e. The fourth-order valence-electron chi connectivity index (χ4n) is 9.10. The van der Waals surface area contributed by atoms with E-state index in [-0.39, 0.29) is 5.95 Å². The van der Waals surface area contributed by atoms with Crippen LogP contribution < -0.4 is 20.9 Å². The standard InChI is InChI=1S/C40H30N4.C28H22N4/c1-4-10-30(11-5-1)32-20-24-35(25-21-32)42-40-41-29-28-39(43-40)34-18-16-31(17-19-34)33-22-26-38(27-23-33)44(36-12-6-2-7-13-36)37-14-8-3-9-15-37;29-28-30-20-19-27(31-28)23-13-11-21(12-14-23)22-15-17-26(18-16-22)32(24-7-3-1-4-8-24)25-9-5-2-6-10-25/h1-29H,(H,41,42,43);1-20H,(H2,29,30,31). The molecule has 364 valence electrons. The van der Waals surface area contributed by atoms with Gasteiger partial charge in [-0.05, 0) is 130 Å². The number of rotatable bonds is 13. The number of nitrogen functional groups attached to an aromatic ring is 1. The van der Waals surface area contributed by atoms with Gasteiger partial charge in [-0.2, -0.15) is 0 Å². The molecule has 76 heavy (non-hydrogen) atoms. The number of benzene rings is 10. The number of anilines is 9. The highest BCUT2D eigenvalue weighted by molar-refractivity contribution is 5.81. The Morgan fingerprint density at radius 1 is 0.263 bits per heavy atom. The van der Waals surface area contributed by atoms with E-state index in [4.69, 9.17) is 10.7 Å². The predicted octanol–water partition coefficient (Wildman–Crippen LogP) is 17.6. The van der Waals surface area contributed by atoms with Gasteiger partial charge in [0.25, 0.3) is 0 Å². The van der Waals surface area contributed by atoms with Crippen molar-refractivity contribution < 1.29 is 0 Å². The molecule has 0 saturated carbocycles. The van der Waals surface area contributed by atoms with Crippen LogP contribution in [-0.4, -0.2) is 19.9 Å². The van der Waals surface area contributed by atoms with Crippen LogP contribution in [0.1, 0.15) is 0 Å². The summed E-state index contributed by atoms with van der Waals surface area (Å²) in [6.07, 6.45) is 3.47. The summed E-state index contributed by atoms with van der Waals surface area (Å²) < 4.78 is 0. The van der Waals surface area contributed by atoms with E-state index >= 15 is 0 Å². The molecule has 0 saturated heterocycles. The Balaban J connectivity index is 0.000000171. The zero-order valence-electron chi connectivity index (χ0n) is 41.6. The molecule has 3 N–H and O–H groups in total. The van der Waals surface area contributed by atoms with Crippen molar-refractivity contribution in [2.24, 2.45) is 0 Å². The van der Waals surface area contributed by atoms with Crippen LogP contribution in [0.3, 0.4) is 0 Å². The van der Waals surface area contributed by atoms with E-state index in [1.54, 1.807) is 12.4 Å². The Morgan fingerprint density at radius 2 is 0.553 bits per heavy atom. The van der Waals surface area contributed by atoms with E-state index in [2.05, 4.69) is 273 Å². The Labute approximate surface area is 443 Å². The summed E-state index contributed by atoms with van der Waals surface area (Å²) in [6.45, 7) is 0. The van der Waals surface area contributed by atoms with Crippen LogP contribution in [-0.2, 0) is 0 Å². The molecule has 0 amide bonds. The molecule has 12 aromatic rings. The first-order valence-electron chi connectivity index (χ1n) is 25.1. The van der Waals surface area contributed by atoms with Crippen molar-refractivity contribution in [2.75, 3.05) is 20.9 Å². The third-order valence-corrected chi connectivity index (χ3v) is 12.9. The maximum Gasteiger partial charge on any atom is 0.227 e. The molecule has 10 aromatic carbocycles. The molecule has 0 unspecified atom stereocenters. The Bertz CT molecular complexity index is 3660. The highest BCUT2D eigenvalue weighted by Gasteiger charge is 2.14. The van der Waals surface area contributed by atoms with Crippen molar-refractivity contribution in [3.8, 4) is 55.9 Å². The number of nitrogens with one attached hydrogen (secondary N) is 1. The first-order valence-corrected chi connectivity index (χ1v) is 25.1.